The van der Waals surface area contributed by atoms with Crippen molar-refractivity contribution in [3.63, 3.8) is 0 Å². The van der Waals surface area contributed by atoms with Gasteiger partial charge in [-0.25, -0.2) is 0 Å². The summed E-state index contributed by atoms with van der Waals surface area (Å²) in [6.07, 6.45) is 0. The molecule has 13 heavy (non-hydrogen) atoms. The van der Waals surface area contributed by atoms with Gasteiger partial charge in [-0.3, -0.25) is 0 Å². The van der Waals surface area contributed by atoms with E-state index < -0.39 is 11.8 Å². The van der Waals surface area contributed by atoms with Gasteiger partial charge in [-0.05, 0) is 6.07 Å². The molecule has 0 saturated heterocycles. The molecule has 2 rings (SSSR count). The Morgan fingerprint density at radius 1 is 1.15 bits per heavy atom. The van der Waals surface area contributed by atoms with Crippen LogP contribution >= 0.6 is 15.9 Å². The minimum Gasteiger partial charge on any atom is -0.587 e. The van der Waals surface area contributed by atoms with Crippen LogP contribution in [0.1, 0.15) is 20.7 Å². The first kappa shape index (κ1) is 12.0. The van der Waals surface area contributed by atoms with E-state index in [0.717, 1.165) is 0 Å². The van der Waals surface area contributed by atoms with E-state index in [2.05, 4.69) is 21.2 Å². The SMILES string of the molecule is O=C1[N-]C(=O)c2c(Br)cccc21.[Cs+]. The topological polar surface area (TPSA) is 48.2 Å². The fourth-order valence-corrected chi connectivity index (χ4v) is 1.66. The van der Waals surface area contributed by atoms with Crippen molar-refractivity contribution in [1.82, 2.24) is 0 Å². The van der Waals surface area contributed by atoms with Gasteiger partial charge in [-0.2, -0.15) is 0 Å². The molecule has 0 unspecified atom stereocenters. The van der Waals surface area contributed by atoms with Gasteiger partial charge in [0.2, 0.25) is 0 Å². The zero-order chi connectivity index (χ0) is 8.72. The summed E-state index contributed by atoms with van der Waals surface area (Å²) in [4.78, 5) is 22.1. The molecule has 0 saturated carbocycles. The molecule has 1 aliphatic heterocycles. The summed E-state index contributed by atoms with van der Waals surface area (Å²) in [5.74, 6) is -0.904. The average molecular weight is 358 g/mol. The van der Waals surface area contributed by atoms with Crippen LogP contribution in [-0.2, 0) is 0 Å². The van der Waals surface area contributed by atoms with Crippen LogP contribution in [0.3, 0.4) is 0 Å². The molecule has 0 radical (unpaired) electrons. The molecule has 0 fully saturated rings. The third-order valence-electron chi connectivity index (χ3n) is 1.66. The van der Waals surface area contributed by atoms with Gasteiger partial charge in [0, 0.05) is 15.6 Å². The van der Waals surface area contributed by atoms with Crippen LogP contribution < -0.4 is 68.9 Å². The number of fused-ring (bicyclic) bond motifs is 1. The number of nitrogens with zero attached hydrogens (tertiary/aromatic N) is 1. The second-order valence-corrected chi connectivity index (χ2v) is 3.24. The number of hydrogen-bond acceptors (Lipinski definition) is 2. The molecule has 1 aromatic rings. The number of imide groups is 1. The zero-order valence-corrected chi connectivity index (χ0v) is 14.7. The number of carbonyl (C=O) groups is 2. The summed E-state index contributed by atoms with van der Waals surface area (Å²) < 4.78 is 0.625. The predicted octanol–water partition coefficient (Wildman–Crippen LogP) is -0.879. The standard InChI is InChI=1S/C8H4BrNO2.Cs/c9-5-3-1-2-4-6(5)8(12)10-7(4)11;/h1-3H,(H,10,11,12);/q;+1/p-1. The summed E-state index contributed by atoms with van der Waals surface area (Å²) in [5, 5.41) is 3.31. The van der Waals surface area contributed by atoms with Crippen molar-refractivity contribution in [1.29, 1.82) is 0 Å². The van der Waals surface area contributed by atoms with Gasteiger partial charge in [0.15, 0.2) is 0 Å². The second-order valence-electron chi connectivity index (χ2n) is 2.38. The van der Waals surface area contributed by atoms with E-state index in [-0.39, 0.29) is 68.9 Å². The Hall–Kier alpha value is 0.892. The third-order valence-corrected chi connectivity index (χ3v) is 2.32. The van der Waals surface area contributed by atoms with Crippen LogP contribution in [0.15, 0.2) is 22.7 Å². The number of rotatable bonds is 0. The maximum Gasteiger partial charge on any atom is 1.00 e. The van der Waals surface area contributed by atoms with Crippen LogP contribution in [0.2, 0.25) is 0 Å². The Labute approximate surface area is 142 Å². The van der Waals surface area contributed by atoms with E-state index >= 15 is 0 Å². The van der Waals surface area contributed by atoms with Crippen molar-refractivity contribution in [2.45, 2.75) is 0 Å². The molecule has 0 atom stereocenters. The molecular weight excluding hydrogens is 355 g/mol. The molecule has 60 valence electrons. The molecule has 0 N–H and O–H groups in total. The first-order valence-corrected chi connectivity index (χ1v) is 4.08. The Morgan fingerprint density at radius 3 is 2.46 bits per heavy atom. The van der Waals surface area contributed by atoms with E-state index in [1.165, 1.54) is 0 Å². The first-order valence-electron chi connectivity index (χ1n) is 3.29. The van der Waals surface area contributed by atoms with Crippen LogP contribution in [-0.4, -0.2) is 11.8 Å². The molecule has 0 aromatic heterocycles. The van der Waals surface area contributed by atoms with E-state index in [1.54, 1.807) is 18.2 Å². The van der Waals surface area contributed by atoms with E-state index in [4.69, 9.17) is 0 Å². The van der Waals surface area contributed by atoms with Crippen LogP contribution in [0.25, 0.3) is 5.32 Å². The molecular formula is C8H3BrCsNO2. The van der Waals surface area contributed by atoms with Gasteiger partial charge in [-0.1, -0.05) is 28.1 Å². The van der Waals surface area contributed by atoms with Gasteiger partial charge in [-0.15, -0.1) is 0 Å². The molecule has 5 heteroatoms. The number of carbonyl (C=O) groups excluding carboxylic acids is 2. The normalized spacial score (nSPS) is 13.3. The van der Waals surface area contributed by atoms with E-state index in [1.807, 2.05) is 0 Å². The Kier molecular flexibility index (Phi) is 4.24. The zero-order valence-electron chi connectivity index (χ0n) is 6.87. The summed E-state index contributed by atoms with van der Waals surface area (Å²) >= 11 is 3.18. The average Bonchev–Trinajstić information content (AvgIpc) is 2.29. The third kappa shape index (κ3) is 2.11. The first-order chi connectivity index (χ1) is 5.70. The Balaban J connectivity index is 0.000000845. The number of amides is 2. The van der Waals surface area contributed by atoms with Gasteiger partial charge in [0.1, 0.15) is 0 Å². The molecule has 0 spiro atoms. The number of hydrogen-bond donors (Lipinski definition) is 0. The van der Waals surface area contributed by atoms with Gasteiger partial charge in [0.05, 0.1) is 11.8 Å². The molecule has 0 aliphatic carbocycles. The minimum absolute atomic E-state index is 0. The summed E-state index contributed by atoms with van der Waals surface area (Å²) in [7, 11) is 0. The molecule has 2 amide bonds. The van der Waals surface area contributed by atoms with Gasteiger partial charge in [0.25, 0.3) is 0 Å². The maximum absolute atomic E-state index is 11.1. The van der Waals surface area contributed by atoms with Gasteiger partial charge < -0.3 is 14.9 Å². The van der Waals surface area contributed by atoms with Crippen molar-refractivity contribution in [3.05, 3.63) is 39.1 Å². The van der Waals surface area contributed by atoms with E-state index in [9.17, 15) is 9.59 Å². The fraction of sp³-hybridized carbons (Fsp3) is 0. The molecule has 1 heterocycles. The smallest absolute Gasteiger partial charge is 0.587 e. The Morgan fingerprint density at radius 2 is 1.85 bits per heavy atom. The molecule has 1 aromatic carbocycles. The quantitative estimate of drug-likeness (QED) is 0.566. The van der Waals surface area contributed by atoms with Crippen LogP contribution in [0.4, 0.5) is 0 Å². The van der Waals surface area contributed by atoms with Crippen LogP contribution in [0.5, 0.6) is 0 Å². The molecule has 1 aliphatic rings. The van der Waals surface area contributed by atoms with Crippen molar-refractivity contribution < 1.29 is 78.5 Å². The monoisotopic (exact) mass is 357 g/mol. The fourth-order valence-electron chi connectivity index (χ4n) is 1.13. The summed E-state index contributed by atoms with van der Waals surface area (Å²) in [6, 6.07) is 5.01. The van der Waals surface area contributed by atoms with E-state index in [0.29, 0.717) is 15.6 Å². The predicted molar refractivity (Wildman–Crippen MR) is 46.2 cm³/mol. The van der Waals surface area contributed by atoms with Crippen molar-refractivity contribution in [2.75, 3.05) is 0 Å². The number of benzene rings is 1. The molecule has 3 nitrogen and oxygen atoms in total. The summed E-state index contributed by atoms with van der Waals surface area (Å²) in [5.41, 5.74) is 0.761. The van der Waals surface area contributed by atoms with Crippen molar-refractivity contribution >= 4 is 27.7 Å². The van der Waals surface area contributed by atoms with Crippen molar-refractivity contribution in [3.8, 4) is 0 Å². The number of halogens is 1. The largest absolute Gasteiger partial charge is 1.00 e. The second kappa shape index (κ2) is 4.61. The van der Waals surface area contributed by atoms with Gasteiger partial charge >= 0.3 is 68.9 Å². The maximum atomic E-state index is 11.1. The molecule has 0 bridgehead atoms. The minimum atomic E-state index is -0.456. The summed E-state index contributed by atoms with van der Waals surface area (Å²) in [6.45, 7) is 0. The Bertz CT molecular complexity index is 392. The van der Waals surface area contributed by atoms with Crippen LogP contribution in [0, 0.1) is 0 Å². The van der Waals surface area contributed by atoms with Crippen molar-refractivity contribution in [2.24, 2.45) is 0 Å².